The monoisotopic (exact) mass is 231 g/mol. The lowest BCUT2D eigenvalue weighted by Gasteiger charge is -1.96. The van der Waals surface area contributed by atoms with Gasteiger partial charge >= 0.3 is 0 Å². The van der Waals surface area contributed by atoms with Gasteiger partial charge in [-0.2, -0.15) is 0 Å². The average molecular weight is 231 g/mol. The third kappa shape index (κ3) is 2.23. The third-order valence-electron chi connectivity index (χ3n) is 2.32. The van der Waals surface area contributed by atoms with Crippen LogP contribution in [-0.2, 0) is 0 Å². The Morgan fingerprint density at radius 1 is 1.18 bits per heavy atom. The Morgan fingerprint density at radius 3 is 2.29 bits per heavy atom. The van der Waals surface area contributed by atoms with Gasteiger partial charge in [0.15, 0.2) is 11.5 Å². The Hall–Kier alpha value is -2.43. The SMILES string of the molecule is CC(=O)c1ccc(-c2ccc([N+](=O)[O-])cc2)o1. The van der Waals surface area contributed by atoms with Crippen LogP contribution >= 0.6 is 0 Å². The molecule has 0 unspecified atom stereocenters. The first-order chi connectivity index (χ1) is 8.08. The van der Waals surface area contributed by atoms with E-state index in [0.717, 1.165) is 0 Å². The maximum atomic E-state index is 11.1. The Balaban J connectivity index is 2.33. The van der Waals surface area contributed by atoms with Gasteiger partial charge in [0.2, 0.25) is 0 Å². The number of Topliss-reactive ketones (excluding diaryl/α,β-unsaturated/α-hetero) is 1. The van der Waals surface area contributed by atoms with E-state index in [1.54, 1.807) is 24.3 Å². The molecule has 17 heavy (non-hydrogen) atoms. The lowest BCUT2D eigenvalue weighted by Crippen LogP contribution is -1.87. The van der Waals surface area contributed by atoms with Crippen LogP contribution in [0.1, 0.15) is 17.5 Å². The number of non-ortho nitro benzene ring substituents is 1. The first-order valence-electron chi connectivity index (χ1n) is 4.93. The molecule has 1 aromatic carbocycles. The molecule has 2 aromatic rings. The Labute approximate surface area is 96.8 Å². The summed E-state index contributed by atoms with van der Waals surface area (Å²) in [6.07, 6.45) is 0. The summed E-state index contributed by atoms with van der Waals surface area (Å²) in [6, 6.07) is 9.20. The minimum atomic E-state index is -0.465. The van der Waals surface area contributed by atoms with Crippen LogP contribution in [0.2, 0.25) is 0 Å². The first kappa shape index (κ1) is 11.1. The van der Waals surface area contributed by atoms with Crippen molar-refractivity contribution >= 4 is 11.5 Å². The Kier molecular flexibility index (Phi) is 2.74. The number of furan rings is 1. The number of nitrogens with zero attached hydrogens (tertiary/aromatic N) is 1. The molecule has 0 N–H and O–H groups in total. The van der Waals surface area contributed by atoms with Crippen molar-refractivity contribution in [1.29, 1.82) is 0 Å². The second-order valence-electron chi connectivity index (χ2n) is 3.52. The molecule has 0 saturated heterocycles. The molecule has 1 heterocycles. The minimum Gasteiger partial charge on any atom is -0.453 e. The van der Waals surface area contributed by atoms with Crippen LogP contribution in [0.3, 0.4) is 0 Å². The number of benzene rings is 1. The molecule has 86 valence electrons. The highest BCUT2D eigenvalue weighted by atomic mass is 16.6. The molecule has 5 heteroatoms. The van der Waals surface area contributed by atoms with E-state index in [1.165, 1.54) is 19.1 Å². The number of hydrogen-bond acceptors (Lipinski definition) is 4. The van der Waals surface area contributed by atoms with Crippen molar-refractivity contribution in [3.63, 3.8) is 0 Å². The van der Waals surface area contributed by atoms with Crippen LogP contribution in [-0.4, -0.2) is 10.7 Å². The van der Waals surface area contributed by atoms with Crippen molar-refractivity contribution in [3.05, 3.63) is 52.3 Å². The van der Waals surface area contributed by atoms with Gasteiger partial charge in [-0.05, 0) is 24.3 Å². The van der Waals surface area contributed by atoms with Gasteiger partial charge in [-0.1, -0.05) is 0 Å². The standard InChI is InChI=1S/C12H9NO4/c1-8(14)11-6-7-12(17-11)9-2-4-10(5-3-9)13(15)16/h2-7H,1H3. The van der Waals surface area contributed by atoms with Gasteiger partial charge in [-0.3, -0.25) is 14.9 Å². The topological polar surface area (TPSA) is 73.3 Å². The predicted molar refractivity (Wildman–Crippen MR) is 60.8 cm³/mol. The van der Waals surface area contributed by atoms with Crippen LogP contribution < -0.4 is 0 Å². The fourth-order valence-corrected chi connectivity index (χ4v) is 1.43. The fourth-order valence-electron chi connectivity index (χ4n) is 1.43. The number of nitro groups is 1. The number of carbonyl (C=O) groups excluding carboxylic acids is 1. The van der Waals surface area contributed by atoms with E-state index in [1.807, 2.05) is 0 Å². The van der Waals surface area contributed by atoms with E-state index in [0.29, 0.717) is 11.3 Å². The van der Waals surface area contributed by atoms with Gasteiger partial charge in [-0.25, -0.2) is 0 Å². The van der Waals surface area contributed by atoms with Crippen molar-refractivity contribution in [3.8, 4) is 11.3 Å². The molecule has 0 amide bonds. The normalized spacial score (nSPS) is 10.2. The number of nitro benzene ring substituents is 1. The van der Waals surface area contributed by atoms with Crippen molar-refractivity contribution < 1.29 is 14.1 Å². The molecule has 5 nitrogen and oxygen atoms in total. The van der Waals surface area contributed by atoms with Gasteiger partial charge in [0, 0.05) is 24.6 Å². The first-order valence-corrected chi connectivity index (χ1v) is 4.93. The van der Waals surface area contributed by atoms with Crippen LogP contribution in [0.15, 0.2) is 40.8 Å². The summed E-state index contributed by atoms with van der Waals surface area (Å²) in [4.78, 5) is 21.1. The summed E-state index contributed by atoms with van der Waals surface area (Å²) in [6.45, 7) is 1.42. The molecule has 0 spiro atoms. The van der Waals surface area contributed by atoms with Gasteiger partial charge in [0.1, 0.15) is 5.76 Å². The molecular weight excluding hydrogens is 222 g/mol. The van der Waals surface area contributed by atoms with Crippen molar-refractivity contribution in [2.75, 3.05) is 0 Å². The summed E-state index contributed by atoms with van der Waals surface area (Å²) in [5.74, 6) is 0.640. The lowest BCUT2D eigenvalue weighted by atomic mass is 10.1. The average Bonchev–Trinajstić information content (AvgIpc) is 2.78. The number of rotatable bonds is 3. The molecular formula is C12H9NO4. The van der Waals surface area contributed by atoms with Crippen LogP contribution in [0.5, 0.6) is 0 Å². The summed E-state index contributed by atoms with van der Waals surface area (Å²) >= 11 is 0. The molecule has 0 radical (unpaired) electrons. The van der Waals surface area contributed by atoms with E-state index in [2.05, 4.69) is 0 Å². The van der Waals surface area contributed by atoms with Gasteiger partial charge < -0.3 is 4.42 Å². The van der Waals surface area contributed by atoms with E-state index in [-0.39, 0.29) is 17.2 Å². The highest BCUT2D eigenvalue weighted by Gasteiger charge is 2.10. The molecule has 0 fully saturated rings. The van der Waals surface area contributed by atoms with Crippen LogP contribution in [0, 0.1) is 10.1 Å². The summed E-state index contributed by atoms with van der Waals surface area (Å²) in [5.41, 5.74) is 0.718. The molecule has 0 aliphatic heterocycles. The summed E-state index contributed by atoms with van der Waals surface area (Å²) in [7, 11) is 0. The number of hydrogen-bond donors (Lipinski definition) is 0. The molecule has 0 atom stereocenters. The summed E-state index contributed by atoms with van der Waals surface area (Å²) in [5, 5.41) is 10.5. The number of ketones is 1. The predicted octanol–water partition coefficient (Wildman–Crippen LogP) is 3.06. The number of carbonyl (C=O) groups is 1. The van der Waals surface area contributed by atoms with Crippen molar-refractivity contribution in [2.45, 2.75) is 6.92 Å². The molecule has 0 aliphatic rings. The van der Waals surface area contributed by atoms with Crippen LogP contribution in [0.25, 0.3) is 11.3 Å². The minimum absolute atomic E-state index is 0.0205. The van der Waals surface area contributed by atoms with Gasteiger partial charge in [0.05, 0.1) is 4.92 Å². The zero-order valence-corrected chi connectivity index (χ0v) is 9.04. The molecule has 1 aromatic heterocycles. The largest absolute Gasteiger partial charge is 0.453 e. The highest BCUT2D eigenvalue weighted by molar-refractivity contribution is 5.91. The van der Waals surface area contributed by atoms with Gasteiger partial charge in [-0.15, -0.1) is 0 Å². The lowest BCUT2D eigenvalue weighted by molar-refractivity contribution is -0.384. The van der Waals surface area contributed by atoms with Crippen molar-refractivity contribution in [1.82, 2.24) is 0 Å². The second-order valence-corrected chi connectivity index (χ2v) is 3.52. The molecule has 0 saturated carbocycles. The maximum Gasteiger partial charge on any atom is 0.269 e. The Bertz CT molecular complexity index is 568. The quantitative estimate of drug-likeness (QED) is 0.462. The van der Waals surface area contributed by atoms with E-state index in [4.69, 9.17) is 4.42 Å². The van der Waals surface area contributed by atoms with E-state index in [9.17, 15) is 14.9 Å². The van der Waals surface area contributed by atoms with E-state index < -0.39 is 4.92 Å². The third-order valence-corrected chi connectivity index (χ3v) is 2.32. The zero-order chi connectivity index (χ0) is 12.4. The fraction of sp³-hybridized carbons (Fsp3) is 0.0833. The summed E-state index contributed by atoms with van der Waals surface area (Å²) < 4.78 is 5.31. The molecule has 2 rings (SSSR count). The zero-order valence-electron chi connectivity index (χ0n) is 9.04. The smallest absolute Gasteiger partial charge is 0.269 e. The molecule has 0 bridgehead atoms. The van der Waals surface area contributed by atoms with E-state index >= 15 is 0 Å². The maximum absolute atomic E-state index is 11.1. The second kappa shape index (κ2) is 4.21. The van der Waals surface area contributed by atoms with Crippen LogP contribution in [0.4, 0.5) is 5.69 Å². The Morgan fingerprint density at radius 2 is 1.82 bits per heavy atom. The highest BCUT2D eigenvalue weighted by Crippen LogP contribution is 2.24. The molecule has 0 aliphatic carbocycles. The van der Waals surface area contributed by atoms with Gasteiger partial charge in [0.25, 0.3) is 5.69 Å². The van der Waals surface area contributed by atoms with Crippen molar-refractivity contribution in [2.24, 2.45) is 0 Å².